The van der Waals surface area contributed by atoms with Crippen LogP contribution in [0.25, 0.3) is 11.6 Å². The van der Waals surface area contributed by atoms with E-state index in [1.807, 2.05) is 4.72 Å². The molecular weight excluding hydrogens is 336 g/mol. The van der Waals surface area contributed by atoms with Gasteiger partial charge in [-0.25, -0.2) is 18.4 Å². The Labute approximate surface area is 137 Å². The first-order chi connectivity index (χ1) is 11.5. The number of hydrogen-bond acceptors (Lipinski definition) is 9. The number of aryl methyl sites for hydroxylation is 1. The van der Waals surface area contributed by atoms with Crippen molar-refractivity contribution in [3.8, 4) is 17.7 Å². The zero-order valence-corrected chi connectivity index (χ0v) is 13.2. The molecule has 10 nitrogen and oxygen atoms in total. The van der Waals surface area contributed by atoms with Gasteiger partial charge in [0.1, 0.15) is 0 Å². The van der Waals surface area contributed by atoms with Crippen molar-refractivity contribution in [3.63, 3.8) is 0 Å². The van der Waals surface area contributed by atoms with Gasteiger partial charge < -0.3 is 4.52 Å². The van der Waals surface area contributed by atoms with Gasteiger partial charge in [-0.05, 0) is 18.9 Å². The van der Waals surface area contributed by atoms with Crippen molar-refractivity contribution in [3.05, 3.63) is 24.4 Å². The molecule has 0 bridgehead atoms. The smallest absolute Gasteiger partial charge is 0.254 e. The molecule has 1 aliphatic rings. The van der Waals surface area contributed by atoms with E-state index in [-0.39, 0.29) is 43.2 Å². The monoisotopic (exact) mass is 348 g/mol. The molecule has 0 spiro atoms. The quantitative estimate of drug-likeness (QED) is 0.757. The Morgan fingerprint density at radius 2 is 2.04 bits per heavy atom. The number of amides is 1. The average Bonchev–Trinajstić information content (AvgIpc) is 3.25. The molecule has 1 N–H and O–H groups in total. The van der Waals surface area contributed by atoms with Crippen LogP contribution < -0.4 is 4.72 Å². The van der Waals surface area contributed by atoms with Gasteiger partial charge in [0, 0.05) is 25.2 Å². The number of aromatic nitrogens is 4. The number of carbonyl (C=O) groups excluding carboxylic acids is 1. The van der Waals surface area contributed by atoms with Gasteiger partial charge in [-0.2, -0.15) is 10.2 Å². The first-order valence-electron chi connectivity index (χ1n) is 7.02. The summed E-state index contributed by atoms with van der Waals surface area (Å²) in [5, 5.41) is 12.6. The molecule has 0 unspecified atom stereocenters. The molecule has 1 fully saturated rings. The predicted molar refractivity (Wildman–Crippen MR) is 78.3 cm³/mol. The minimum Gasteiger partial charge on any atom is -0.339 e. The van der Waals surface area contributed by atoms with Crippen molar-refractivity contribution in [1.29, 1.82) is 5.26 Å². The summed E-state index contributed by atoms with van der Waals surface area (Å²) in [6, 6.07) is 3.38. The number of nitrogens with zero attached hydrogens (tertiary/aromatic N) is 5. The molecule has 3 rings (SSSR count). The Hall–Kier alpha value is -2.87. The van der Waals surface area contributed by atoms with E-state index in [0.717, 1.165) is 0 Å². The van der Waals surface area contributed by atoms with Crippen LogP contribution >= 0.6 is 0 Å². The number of carbonyl (C=O) groups is 1. The largest absolute Gasteiger partial charge is 0.339 e. The minimum atomic E-state index is -3.99. The van der Waals surface area contributed by atoms with Crippen molar-refractivity contribution in [2.75, 3.05) is 0 Å². The van der Waals surface area contributed by atoms with E-state index in [1.165, 1.54) is 12.4 Å². The van der Waals surface area contributed by atoms with Crippen LogP contribution in [-0.4, -0.2) is 39.2 Å². The van der Waals surface area contributed by atoms with Crippen LogP contribution in [-0.2, 0) is 21.2 Å². The Morgan fingerprint density at radius 3 is 2.67 bits per heavy atom. The molecule has 1 aliphatic carbocycles. The molecule has 11 heteroatoms. The molecule has 24 heavy (non-hydrogen) atoms. The van der Waals surface area contributed by atoms with Crippen molar-refractivity contribution < 1.29 is 17.7 Å². The molecule has 1 saturated carbocycles. The topological polar surface area (TPSA) is 152 Å². The molecule has 2 aromatic heterocycles. The predicted octanol–water partition coefficient (Wildman–Crippen LogP) is -0.0386. The highest BCUT2D eigenvalue weighted by Gasteiger charge is 2.56. The van der Waals surface area contributed by atoms with Crippen molar-refractivity contribution >= 4 is 15.9 Å². The van der Waals surface area contributed by atoms with E-state index in [1.54, 1.807) is 12.1 Å². The molecular formula is C13H12N6O4S. The van der Waals surface area contributed by atoms with Crippen molar-refractivity contribution in [2.24, 2.45) is 0 Å². The molecule has 0 aliphatic heterocycles. The van der Waals surface area contributed by atoms with E-state index >= 15 is 0 Å². The molecule has 0 radical (unpaired) electrons. The first kappa shape index (κ1) is 16.0. The standard InChI is InChI=1S/C13H12N6O4S/c14-8-13(4-5-13)24(21,22)19-9(20)2-3-10-17-12(18-23-10)11-15-6-1-7-16-11/h1,6-7H,2-5H2,(H,19,20). The number of rotatable bonds is 6. The van der Waals surface area contributed by atoms with Gasteiger partial charge in [0.25, 0.3) is 10.0 Å². The van der Waals surface area contributed by atoms with Gasteiger partial charge in [-0.3, -0.25) is 9.52 Å². The molecule has 1 amide bonds. The maximum atomic E-state index is 11.9. The lowest BCUT2D eigenvalue weighted by Gasteiger charge is -2.09. The SMILES string of the molecule is N#CC1(S(=O)(=O)NC(=O)CCc2nc(-c3ncccn3)no2)CC1. The second-order valence-electron chi connectivity index (χ2n) is 5.22. The Morgan fingerprint density at radius 1 is 1.33 bits per heavy atom. The van der Waals surface area contributed by atoms with E-state index in [0.29, 0.717) is 0 Å². The van der Waals surface area contributed by atoms with E-state index in [2.05, 4.69) is 20.1 Å². The fraction of sp³-hybridized carbons (Fsp3) is 0.385. The second kappa shape index (κ2) is 5.97. The van der Waals surface area contributed by atoms with Crippen LogP contribution in [0.2, 0.25) is 0 Å². The third kappa shape index (κ3) is 3.09. The fourth-order valence-electron chi connectivity index (χ4n) is 1.93. The number of nitriles is 1. The summed E-state index contributed by atoms with van der Waals surface area (Å²) < 4.78 is 29.3. The molecule has 2 heterocycles. The molecule has 0 saturated heterocycles. The fourth-order valence-corrected chi connectivity index (χ4v) is 3.29. The molecule has 124 valence electrons. The lowest BCUT2D eigenvalue weighted by atomic mass is 10.3. The van der Waals surface area contributed by atoms with Crippen LogP contribution in [0, 0.1) is 11.3 Å². The van der Waals surface area contributed by atoms with Crippen LogP contribution in [0.3, 0.4) is 0 Å². The number of nitrogens with one attached hydrogen (secondary N) is 1. The lowest BCUT2D eigenvalue weighted by Crippen LogP contribution is -2.39. The first-order valence-corrected chi connectivity index (χ1v) is 8.50. The number of sulfonamides is 1. The minimum absolute atomic E-state index is 0.0563. The third-order valence-corrected chi connectivity index (χ3v) is 5.50. The van der Waals surface area contributed by atoms with Crippen LogP contribution in [0.15, 0.2) is 23.0 Å². The zero-order chi connectivity index (χ0) is 17.2. The van der Waals surface area contributed by atoms with E-state index < -0.39 is 20.7 Å². The zero-order valence-electron chi connectivity index (χ0n) is 12.3. The molecule has 2 aromatic rings. The Kier molecular flexibility index (Phi) is 3.98. The maximum Gasteiger partial charge on any atom is 0.254 e. The van der Waals surface area contributed by atoms with Gasteiger partial charge in [0.05, 0.1) is 6.07 Å². The van der Waals surface area contributed by atoms with Gasteiger partial charge in [0.2, 0.25) is 23.4 Å². The highest BCUT2D eigenvalue weighted by atomic mass is 32.2. The highest BCUT2D eigenvalue weighted by Crippen LogP contribution is 2.42. The Balaban J connectivity index is 1.58. The van der Waals surface area contributed by atoms with Crippen LogP contribution in [0.1, 0.15) is 25.2 Å². The summed E-state index contributed by atoms with van der Waals surface area (Å²) in [6.45, 7) is 0. The summed E-state index contributed by atoms with van der Waals surface area (Å²) >= 11 is 0. The van der Waals surface area contributed by atoms with Crippen molar-refractivity contribution in [1.82, 2.24) is 24.8 Å². The lowest BCUT2D eigenvalue weighted by molar-refractivity contribution is -0.119. The van der Waals surface area contributed by atoms with Gasteiger partial charge in [-0.15, -0.1) is 0 Å². The normalized spacial score (nSPS) is 15.5. The average molecular weight is 348 g/mol. The van der Waals surface area contributed by atoms with Crippen LogP contribution in [0.5, 0.6) is 0 Å². The summed E-state index contributed by atoms with van der Waals surface area (Å²) in [4.78, 5) is 23.8. The number of hydrogen-bond donors (Lipinski definition) is 1. The highest BCUT2D eigenvalue weighted by molar-refractivity contribution is 7.92. The second-order valence-corrected chi connectivity index (χ2v) is 7.21. The van der Waals surface area contributed by atoms with E-state index in [4.69, 9.17) is 9.78 Å². The third-order valence-electron chi connectivity index (χ3n) is 3.47. The summed E-state index contributed by atoms with van der Waals surface area (Å²) in [5.74, 6) is -0.108. The van der Waals surface area contributed by atoms with Gasteiger partial charge >= 0.3 is 0 Å². The maximum absolute atomic E-state index is 11.9. The van der Waals surface area contributed by atoms with Crippen LogP contribution in [0.4, 0.5) is 0 Å². The molecule has 0 aromatic carbocycles. The van der Waals surface area contributed by atoms with Gasteiger partial charge in [0.15, 0.2) is 4.75 Å². The summed E-state index contributed by atoms with van der Waals surface area (Å²) in [5.41, 5.74) is 0. The molecule has 0 atom stereocenters. The summed E-state index contributed by atoms with van der Waals surface area (Å²) in [6.07, 6.45) is 3.41. The van der Waals surface area contributed by atoms with Crippen molar-refractivity contribution in [2.45, 2.75) is 30.4 Å². The Bertz CT molecular complexity index is 898. The van der Waals surface area contributed by atoms with Gasteiger partial charge in [-0.1, -0.05) is 5.16 Å². The summed E-state index contributed by atoms with van der Waals surface area (Å²) in [7, 11) is -3.99. The van der Waals surface area contributed by atoms with E-state index in [9.17, 15) is 13.2 Å².